The van der Waals surface area contributed by atoms with Gasteiger partial charge in [-0.2, -0.15) is 0 Å². The van der Waals surface area contributed by atoms with E-state index >= 15 is 0 Å². The Morgan fingerprint density at radius 3 is 1.53 bits per heavy atom. The maximum absolute atomic E-state index is 2.42. The molecule has 3 atom stereocenters. The highest BCUT2D eigenvalue weighted by molar-refractivity contribution is 4.62. The zero-order chi connectivity index (χ0) is 11.8. The van der Waals surface area contributed by atoms with E-state index in [1.165, 1.54) is 32.1 Å². The van der Waals surface area contributed by atoms with Crippen LogP contribution in [0.4, 0.5) is 0 Å². The van der Waals surface area contributed by atoms with Gasteiger partial charge in [-0.1, -0.05) is 60.8 Å². The second-order valence-electron chi connectivity index (χ2n) is 6.17. The molecule has 0 amide bonds. The molecule has 0 spiro atoms. The Bertz CT molecular complexity index is 137. The van der Waals surface area contributed by atoms with Crippen LogP contribution in [-0.2, 0) is 0 Å². The first-order chi connectivity index (χ1) is 6.95. The molecule has 0 heteroatoms. The summed E-state index contributed by atoms with van der Waals surface area (Å²) in [6.07, 6.45) is 7.01. The van der Waals surface area contributed by atoms with Gasteiger partial charge in [0.25, 0.3) is 0 Å². The first kappa shape index (κ1) is 15.0. The Morgan fingerprint density at radius 2 is 1.13 bits per heavy atom. The summed E-state index contributed by atoms with van der Waals surface area (Å²) in [5, 5.41) is 0. The van der Waals surface area contributed by atoms with E-state index in [9.17, 15) is 0 Å². The van der Waals surface area contributed by atoms with Gasteiger partial charge in [-0.15, -0.1) is 0 Å². The minimum atomic E-state index is 0.866. The van der Waals surface area contributed by atoms with Crippen LogP contribution in [0.1, 0.15) is 73.6 Å². The van der Waals surface area contributed by atoms with Gasteiger partial charge in [0.15, 0.2) is 0 Å². The summed E-state index contributed by atoms with van der Waals surface area (Å²) in [6, 6.07) is 0. The second kappa shape index (κ2) is 8.19. The lowest BCUT2D eigenvalue weighted by molar-refractivity contribution is 0.333. The van der Waals surface area contributed by atoms with Crippen LogP contribution in [0.25, 0.3) is 0 Å². The predicted octanol–water partition coefficient (Wildman–Crippen LogP) is 5.52. The molecule has 0 nitrogen and oxygen atoms in total. The molecule has 0 rings (SSSR count). The molecule has 0 saturated carbocycles. The van der Waals surface area contributed by atoms with E-state index in [1.807, 2.05) is 0 Å². The van der Waals surface area contributed by atoms with Crippen LogP contribution in [0.15, 0.2) is 0 Å². The van der Waals surface area contributed by atoms with Gasteiger partial charge in [0, 0.05) is 0 Å². The van der Waals surface area contributed by atoms with Gasteiger partial charge in [0.1, 0.15) is 0 Å². The van der Waals surface area contributed by atoms with Crippen molar-refractivity contribution in [1.82, 2.24) is 0 Å². The Morgan fingerprint density at radius 1 is 0.667 bits per heavy atom. The van der Waals surface area contributed by atoms with Crippen molar-refractivity contribution in [2.24, 2.45) is 23.7 Å². The zero-order valence-corrected chi connectivity index (χ0v) is 11.8. The molecular weight excluding hydrogens is 180 g/mol. The van der Waals surface area contributed by atoms with Gasteiger partial charge in [0.05, 0.1) is 0 Å². The fraction of sp³-hybridized carbons (Fsp3) is 1.00. The number of rotatable bonds is 8. The minimum Gasteiger partial charge on any atom is -0.0651 e. The molecule has 0 saturated heterocycles. The lowest BCUT2D eigenvalue weighted by Gasteiger charge is -2.19. The molecule has 0 fully saturated rings. The third kappa shape index (κ3) is 8.96. The average molecular weight is 212 g/mol. The van der Waals surface area contributed by atoms with Gasteiger partial charge >= 0.3 is 0 Å². The Labute approximate surface area is 97.8 Å². The Balaban J connectivity index is 3.56. The molecule has 0 aromatic carbocycles. The largest absolute Gasteiger partial charge is 0.0651 e. The molecule has 0 bridgehead atoms. The highest BCUT2D eigenvalue weighted by atomic mass is 14.2. The average Bonchev–Trinajstić information content (AvgIpc) is 2.13. The molecule has 92 valence electrons. The Kier molecular flexibility index (Phi) is 8.19. The van der Waals surface area contributed by atoms with Crippen LogP contribution in [0.2, 0.25) is 0 Å². The van der Waals surface area contributed by atoms with Gasteiger partial charge in [-0.05, 0) is 36.5 Å². The fourth-order valence-corrected chi connectivity index (χ4v) is 2.46. The highest BCUT2D eigenvalue weighted by Crippen LogP contribution is 2.23. The quantitative estimate of drug-likeness (QED) is 0.497. The first-order valence-corrected chi connectivity index (χ1v) is 6.95. The summed E-state index contributed by atoms with van der Waals surface area (Å²) >= 11 is 0. The topological polar surface area (TPSA) is 0 Å². The van der Waals surface area contributed by atoms with E-state index in [4.69, 9.17) is 0 Å². The summed E-state index contributed by atoms with van der Waals surface area (Å²) in [5.74, 6) is 3.63. The van der Waals surface area contributed by atoms with Crippen molar-refractivity contribution in [3.8, 4) is 0 Å². The molecule has 15 heavy (non-hydrogen) atoms. The van der Waals surface area contributed by atoms with Crippen molar-refractivity contribution < 1.29 is 0 Å². The molecule has 0 N–H and O–H groups in total. The van der Waals surface area contributed by atoms with Crippen molar-refractivity contribution >= 4 is 0 Å². The van der Waals surface area contributed by atoms with Crippen LogP contribution >= 0.6 is 0 Å². The standard InChI is InChI=1S/C15H32/c1-7-13(4)11-15(6)9-8-14(5)10-12(2)3/h12-15H,7-11H2,1-6H3. The van der Waals surface area contributed by atoms with E-state index < -0.39 is 0 Å². The highest BCUT2D eigenvalue weighted by Gasteiger charge is 2.10. The summed E-state index contributed by atoms with van der Waals surface area (Å²) < 4.78 is 0. The third-order valence-corrected chi connectivity index (χ3v) is 3.53. The lowest BCUT2D eigenvalue weighted by Crippen LogP contribution is -2.06. The van der Waals surface area contributed by atoms with Crippen LogP contribution < -0.4 is 0 Å². The normalized spacial score (nSPS) is 17.8. The number of hydrogen-bond donors (Lipinski definition) is 0. The second-order valence-corrected chi connectivity index (χ2v) is 6.17. The van der Waals surface area contributed by atoms with Gasteiger partial charge in [0.2, 0.25) is 0 Å². The van der Waals surface area contributed by atoms with Crippen LogP contribution in [-0.4, -0.2) is 0 Å². The summed E-state index contributed by atoms with van der Waals surface area (Å²) in [7, 11) is 0. The molecule has 0 aliphatic heterocycles. The van der Waals surface area contributed by atoms with E-state index in [1.54, 1.807) is 0 Å². The maximum atomic E-state index is 2.42. The SMILES string of the molecule is CCC(C)CC(C)CCC(C)CC(C)C. The summed E-state index contributed by atoms with van der Waals surface area (Å²) in [5.41, 5.74) is 0. The minimum absolute atomic E-state index is 0.866. The predicted molar refractivity (Wildman–Crippen MR) is 71.1 cm³/mol. The molecular formula is C15H32. The van der Waals surface area contributed by atoms with Gasteiger partial charge < -0.3 is 0 Å². The van der Waals surface area contributed by atoms with E-state index in [0.717, 1.165) is 23.7 Å². The summed E-state index contributed by atoms with van der Waals surface area (Å²) in [6.45, 7) is 14.2. The fourth-order valence-electron chi connectivity index (χ4n) is 2.46. The maximum Gasteiger partial charge on any atom is -0.0440 e. The molecule has 0 aliphatic rings. The Hall–Kier alpha value is 0. The number of hydrogen-bond acceptors (Lipinski definition) is 0. The van der Waals surface area contributed by atoms with Crippen molar-refractivity contribution in [2.75, 3.05) is 0 Å². The molecule has 0 aliphatic carbocycles. The third-order valence-electron chi connectivity index (χ3n) is 3.53. The molecule has 0 heterocycles. The molecule has 0 aromatic rings. The van der Waals surface area contributed by atoms with Gasteiger partial charge in [-0.3, -0.25) is 0 Å². The van der Waals surface area contributed by atoms with Crippen LogP contribution in [0.5, 0.6) is 0 Å². The lowest BCUT2D eigenvalue weighted by atomic mass is 9.87. The summed E-state index contributed by atoms with van der Waals surface area (Å²) in [4.78, 5) is 0. The van der Waals surface area contributed by atoms with Gasteiger partial charge in [-0.25, -0.2) is 0 Å². The molecule has 0 aromatic heterocycles. The van der Waals surface area contributed by atoms with E-state index in [2.05, 4.69) is 41.5 Å². The van der Waals surface area contributed by atoms with E-state index in [0.29, 0.717) is 0 Å². The first-order valence-electron chi connectivity index (χ1n) is 6.95. The molecule has 0 radical (unpaired) electrons. The zero-order valence-electron chi connectivity index (χ0n) is 11.8. The smallest absolute Gasteiger partial charge is 0.0440 e. The van der Waals surface area contributed by atoms with Crippen molar-refractivity contribution in [3.05, 3.63) is 0 Å². The van der Waals surface area contributed by atoms with Crippen LogP contribution in [0.3, 0.4) is 0 Å². The van der Waals surface area contributed by atoms with Crippen LogP contribution in [0, 0.1) is 23.7 Å². The van der Waals surface area contributed by atoms with E-state index in [-0.39, 0.29) is 0 Å². The molecule has 3 unspecified atom stereocenters. The van der Waals surface area contributed by atoms with Crippen molar-refractivity contribution in [1.29, 1.82) is 0 Å². The van der Waals surface area contributed by atoms with Crippen molar-refractivity contribution in [2.45, 2.75) is 73.6 Å². The van der Waals surface area contributed by atoms with Crippen molar-refractivity contribution in [3.63, 3.8) is 0 Å². The monoisotopic (exact) mass is 212 g/mol.